The van der Waals surface area contributed by atoms with Crippen LogP contribution in [-0.4, -0.2) is 45.5 Å². The zero-order valence-electron chi connectivity index (χ0n) is 10.5. The van der Waals surface area contributed by atoms with Crippen molar-refractivity contribution in [2.24, 2.45) is 5.92 Å². The number of nitrogens with zero attached hydrogens (tertiary/aromatic N) is 1. The number of amides is 1. The van der Waals surface area contributed by atoms with Gasteiger partial charge in [0.05, 0.1) is 5.92 Å². The van der Waals surface area contributed by atoms with Gasteiger partial charge in [0.15, 0.2) is 0 Å². The third-order valence-electron chi connectivity index (χ3n) is 3.35. The third kappa shape index (κ3) is 2.56. The number of nitrogens with two attached hydrogens (primary N) is 1. The number of carbonyl (C=O) groups excluding carboxylic acids is 1. The van der Waals surface area contributed by atoms with Gasteiger partial charge in [-0.3, -0.25) is 9.59 Å². The topological polar surface area (TPSA) is 121 Å². The average molecular weight is 278 g/mol. The Balaban J connectivity index is 2.24. The smallest absolute Gasteiger partial charge is 0.326 e. The van der Waals surface area contributed by atoms with Gasteiger partial charge < -0.3 is 20.8 Å². The normalized spacial score (nSPS) is 21.7. The maximum Gasteiger partial charge on any atom is 0.326 e. The van der Waals surface area contributed by atoms with Gasteiger partial charge in [-0.05, 0) is 30.7 Å². The highest BCUT2D eigenvalue weighted by molar-refractivity contribution is 5.97. The first-order valence-corrected chi connectivity index (χ1v) is 6.02. The zero-order valence-corrected chi connectivity index (χ0v) is 10.5. The summed E-state index contributed by atoms with van der Waals surface area (Å²) >= 11 is 0. The van der Waals surface area contributed by atoms with Gasteiger partial charge in [0, 0.05) is 17.8 Å². The van der Waals surface area contributed by atoms with Crippen molar-refractivity contribution in [1.82, 2.24) is 4.90 Å². The number of likely N-dealkylation sites (tertiary alicyclic amines) is 1. The summed E-state index contributed by atoms with van der Waals surface area (Å²) in [5.41, 5.74) is 6.30. The molecule has 7 heteroatoms. The standard InChI is InChI=1S/C13H14N2O5/c14-9-3-1-7(2-4-9)11(16)15-6-8(12(17)18)5-10(15)13(19)20/h1-4,8,10H,5-6,14H2,(H,17,18)(H,19,20). The zero-order chi connectivity index (χ0) is 14.9. The van der Waals surface area contributed by atoms with Crippen molar-refractivity contribution in [2.45, 2.75) is 12.5 Å². The molecule has 0 bridgehead atoms. The summed E-state index contributed by atoms with van der Waals surface area (Å²) in [6.07, 6.45) is -0.0780. The van der Waals surface area contributed by atoms with E-state index in [0.29, 0.717) is 5.69 Å². The van der Waals surface area contributed by atoms with Crippen LogP contribution in [0.15, 0.2) is 24.3 Å². The third-order valence-corrected chi connectivity index (χ3v) is 3.35. The number of aliphatic carboxylic acids is 2. The van der Waals surface area contributed by atoms with E-state index >= 15 is 0 Å². The van der Waals surface area contributed by atoms with Gasteiger partial charge in [0.1, 0.15) is 6.04 Å². The first kappa shape index (κ1) is 13.9. The number of hydrogen-bond acceptors (Lipinski definition) is 4. The van der Waals surface area contributed by atoms with E-state index < -0.39 is 29.8 Å². The molecular formula is C13H14N2O5. The van der Waals surface area contributed by atoms with Crippen LogP contribution in [0.25, 0.3) is 0 Å². The highest BCUT2D eigenvalue weighted by Gasteiger charge is 2.42. The van der Waals surface area contributed by atoms with Crippen molar-refractivity contribution < 1.29 is 24.6 Å². The number of nitrogen functional groups attached to an aromatic ring is 1. The van der Waals surface area contributed by atoms with Crippen LogP contribution in [0.2, 0.25) is 0 Å². The van der Waals surface area contributed by atoms with E-state index in [2.05, 4.69) is 0 Å². The largest absolute Gasteiger partial charge is 0.481 e. The lowest BCUT2D eigenvalue weighted by Crippen LogP contribution is -2.40. The minimum absolute atomic E-state index is 0.0780. The van der Waals surface area contributed by atoms with Crippen LogP contribution in [0, 0.1) is 5.92 Å². The van der Waals surface area contributed by atoms with Crippen LogP contribution in [0.5, 0.6) is 0 Å². The highest BCUT2D eigenvalue weighted by atomic mass is 16.4. The Labute approximate surface area is 114 Å². The summed E-state index contributed by atoms with van der Waals surface area (Å²) in [5, 5.41) is 18.1. The molecule has 1 amide bonds. The summed E-state index contributed by atoms with van der Waals surface area (Å²) in [7, 11) is 0. The second-order valence-corrected chi connectivity index (χ2v) is 4.70. The Morgan fingerprint density at radius 1 is 1.10 bits per heavy atom. The van der Waals surface area contributed by atoms with Crippen LogP contribution in [0.1, 0.15) is 16.8 Å². The molecule has 0 spiro atoms. The molecule has 1 aliphatic heterocycles. The summed E-state index contributed by atoms with van der Waals surface area (Å²) in [6.45, 7) is -0.102. The Bertz CT molecular complexity index is 554. The Morgan fingerprint density at radius 2 is 1.70 bits per heavy atom. The van der Waals surface area contributed by atoms with Crippen molar-refractivity contribution in [3.05, 3.63) is 29.8 Å². The molecule has 4 N–H and O–H groups in total. The van der Waals surface area contributed by atoms with Crippen LogP contribution < -0.4 is 5.73 Å². The van der Waals surface area contributed by atoms with Gasteiger partial charge in [0.2, 0.25) is 0 Å². The Hall–Kier alpha value is -2.57. The number of carbonyl (C=O) groups is 3. The van der Waals surface area contributed by atoms with E-state index in [1.807, 2.05) is 0 Å². The molecule has 1 aromatic carbocycles. The first-order chi connectivity index (χ1) is 9.40. The van der Waals surface area contributed by atoms with Gasteiger partial charge in [0.25, 0.3) is 5.91 Å². The first-order valence-electron chi connectivity index (χ1n) is 6.02. The molecule has 0 radical (unpaired) electrons. The minimum Gasteiger partial charge on any atom is -0.481 e. The van der Waals surface area contributed by atoms with Crippen molar-refractivity contribution in [1.29, 1.82) is 0 Å². The van der Waals surface area contributed by atoms with Crippen LogP contribution in [0.3, 0.4) is 0 Å². The lowest BCUT2D eigenvalue weighted by molar-refractivity contribution is -0.141. The number of benzene rings is 1. The molecule has 1 saturated heterocycles. The fourth-order valence-corrected chi connectivity index (χ4v) is 2.26. The molecule has 2 rings (SSSR count). The van der Waals surface area contributed by atoms with Crippen molar-refractivity contribution >= 4 is 23.5 Å². The Kier molecular flexibility index (Phi) is 3.60. The minimum atomic E-state index is -1.20. The molecule has 1 heterocycles. The monoisotopic (exact) mass is 278 g/mol. The predicted molar refractivity (Wildman–Crippen MR) is 69.1 cm³/mol. The maximum atomic E-state index is 12.3. The molecule has 106 valence electrons. The molecule has 2 atom stereocenters. The fraction of sp³-hybridized carbons (Fsp3) is 0.308. The van der Waals surface area contributed by atoms with Crippen LogP contribution in [-0.2, 0) is 9.59 Å². The van der Waals surface area contributed by atoms with Crippen molar-refractivity contribution in [2.75, 3.05) is 12.3 Å². The summed E-state index contributed by atoms with van der Waals surface area (Å²) in [4.78, 5) is 35.5. The molecule has 1 aromatic rings. The molecule has 20 heavy (non-hydrogen) atoms. The van der Waals surface area contributed by atoms with E-state index in [-0.39, 0.29) is 18.5 Å². The maximum absolute atomic E-state index is 12.3. The Morgan fingerprint density at radius 3 is 2.20 bits per heavy atom. The summed E-state index contributed by atoms with van der Waals surface area (Å²) < 4.78 is 0. The van der Waals surface area contributed by atoms with Crippen molar-refractivity contribution in [3.8, 4) is 0 Å². The number of rotatable bonds is 3. The number of carboxylic acids is 2. The SMILES string of the molecule is Nc1ccc(C(=O)N2CC(C(=O)O)CC2C(=O)O)cc1. The molecule has 0 aliphatic carbocycles. The molecule has 1 fully saturated rings. The van der Waals surface area contributed by atoms with E-state index in [4.69, 9.17) is 15.9 Å². The van der Waals surface area contributed by atoms with E-state index in [9.17, 15) is 14.4 Å². The second-order valence-electron chi connectivity index (χ2n) is 4.70. The lowest BCUT2D eigenvalue weighted by Gasteiger charge is -2.21. The lowest BCUT2D eigenvalue weighted by atomic mass is 10.1. The molecule has 7 nitrogen and oxygen atoms in total. The number of carboxylic acid groups (broad SMARTS) is 2. The van der Waals surface area contributed by atoms with Gasteiger partial charge in [-0.15, -0.1) is 0 Å². The fourth-order valence-electron chi connectivity index (χ4n) is 2.26. The number of hydrogen-bond donors (Lipinski definition) is 3. The highest BCUT2D eigenvalue weighted by Crippen LogP contribution is 2.26. The number of anilines is 1. The van der Waals surface area contributed by atoms with Crippen molar-refractivity contribution in [3.63, 3.8) is 0 Å². The van der Waals surface area contributed by atoms with Gasteiger partial charge in [-0.25, -0.2) is 4.79 Å². The van der Waals surface area contributed by atoms with E-state index in [0.717, 1.165) is 4.90 Å². The van der Waals surface area contributed by atoms with E-state index in [1.165, 1.54) is 24.3 Å². The summed E-state index contributed by atoms with van der Waals surface area (Å²) in [5.74, 6) is -3.64. The predicted octanol–water partition coefficient (Wildman–Crippen LogP) is 0.269. The van der Waals surface area contributed by atoms with Crippen LogP contribution >= 0.6 is 0 Å². The average Bonchev–Trinajstić information content (AvgIpc) is 2.84. The second kappa shape index (κ2) is 5.20. The quantitative estimate of drug-likeness (QED) is 0.682. The molecular weight excluding hydrogens is 264 g/mol. The van der Waals surface area contributed by atoms with Gasteiger partial charge in [-0.1, -0.05) is 0 Å². The molecule has 2 unspecified atom stereocenters. The molecule has 0 saturated carbocycles. The van der Waals surface area contributed by atoms with Crippen LogP contribution in [0.4, 0.5) is 5.69 Å². The summed E-state index contributed by atoms with van der Waals surface area (Å²) in [6, 6.07) is 4.94. The molecule has 1 aliphatic rings. The van der Waals surface area contributed by atoms with Gasteiger partial charge >= 0.3 is 11.9 Å². The van der Waals surface area contributed by atoms with Gasteiger partial charge in [-0.2, -0.15) is 0 Å². The molecule has 0 aromatic heterocycles. The van der Waals surface area contributed by atoms with E-state index in [1.54, 1.807) is 0 Å².